The SMILES string of the molecule is Nc1ncnc2c1c(-c1ccc(Oc3ccccc3)cc1)nn2C1CCCN(C2CCN(C(=O)N3CCN(CCCN4CCN(c5ccc6c(c5)CN(C5CCC(=O)NC5=O)C6=O)CC4)CC3)CC2)C1. The van der Waals surface area contributed by atoms with Crippen molar-refractivity contribution in [2.24, 2.45) is 0 Å². The number of para-hydroxylation sites is 1. The lowest BCUT2D eigenvalue weighted by Gasteiger charge is -2.44. The predicted molar refractivity (Wildman–Crippen MR) is 265 cm³/mol. The van der Waals surface area contributed by atoms with Gasteiger partial charge in [0.25, 0.3) is 5.91 Å². The monoisotopic (exact) mass is 950 g/mol. The fourth-order valence-corrected chi connectivity index (χ4v) is 11.6. The molecule has 0 bridgehead atoms. The van der Waals surface area contributed by atoms with Crippen LogP contribution < -0.4 is 20.7 Å². The molecule has 11 rings (SSSR count). The van der Waals surface area contributed by atoms with Gasteiger partial charge < -0.3 is 30.1 Å². The number of amides is 5. The highest BCUT2D eigenvalue weighted by Crippen LogP contribution is 2.36. The molecule has 3 aromatic carbocycles. The van der Waals surface area contributed by atoms with Gasteiger partial charge in [0.15, 0.2) is 5.65 Å². The number of nitrogens with one attached hydrogen (secondary N) is 1. The number of anilines is 2. The van der Waals surface area contributed by atoms with Crippen LogP contribution in [0.1, 0.15) is 66.9 Å². The highest BCUT2D eigenvalue weighted by Gasteiger charge is 2.40. The summed E-state index contributed by atoms with van der Waals surface area (Å²) in [6, 6.07) is 23.8. The second-order valence-electron chi connectivity index (χ2n) is 19.7. The van der Waals surface area contributed by atoms with Crippen LogP contribution >= 0.6 is 0 Å². The average molecular weight is 950 g/mol. The Morgan fingerprint density at radius 2 is 1.46 bits per heavy atom. The van der Waals surface area contributed by atoms with E-state index in [2.05, 4.69) is 50.4 Å². The van der Waals surface area contributed by atoms with Crippen molar-refractivity contribution < 1.29 is 23.9 Å². The molecule has 5 saturated heterocycles. The first-order valence-corrected chi connectivity index (χ1v) is 25.3. The number of nitrogens with zero attached hydrogens (tertiary/aromatic N) is 11. The molecule has 2 unspecified atom stereocenters. The predicted octanol–water partition coefficient (Wildman–Crippen LogP) is 4.68. The summed E-state index contributed by atoms with van der Waals surface area (Å²) in [6.07, 6.45) is 7.23. The Bertz CT molecular complexity index is 2710. The van der Waals surface area contributed by atoms with Gasteiger partial charge in [0, 0.05) is 108 Å². The van der Waals surface area contributed by atoms with Crippen LogP contribution in [-0.2, 0) is 16.1 Å². The Morgan fingerprint density at radius 3 is 2.20 bits per heavy atom. The fraction of sp³-hybridized carbons (Fsp3) is 0.481. The second kappa shape index (κ2) is 20.0. The minimum atomic E-state index is -0.601. The highest BCUT2D eigenvalue weighted by atomic mass is 16.5. The van der Waals surface area contributed by atoms with Crippen LogP contribution in [0.5, 0.6) is 11.5 Å². The second-order valence-corrected chi connectivity index (χ2v) is 19.7. The van der Waals surface area contributed by atoms with E-state index < -0.39 is 6.04 Å². The number of benzene rings is 3. The van der Waals surface area contributed by atoms with Gasteiger partial charge in [0.2, 0.25) is 11.8 Å². The minimum absolute atomic E-state index is 0.137. The van der Waals surface area contributed by atoms with E-state index in [-0.39, 0.29) is 36.2 Å². The van der Waals surface area contributed by atoms with Crippen LogP contribution in [0.15, 0.2) is 79.1 Å². The number of rotatable bonds is 11. The first kappa shape index (κ1) is 45.8. The number of nitrogens with two attached hydrogens (primary N) is 1. The van der Waals surface area contributed by atoms with E-state index in [1.54, 1.807) is 4.90 Å². The van der Waals surface area contributed by atoms with E-state index in [0.717, 1.165) is 169 Å². The number of ether oxygens (including phenoxy) is 1. The molecule has 6 aliphatic heterocycles. The Morgan fingerprint density at radius 1 is 0.743 bits per heavy atom. The van der Waals surface area contributed by atoms with Crippen LogP contribution in [0.25, 0.3) is 22.3 Å². The van der Waals surface area contributed by atoms with Crippen molar-refractivity contribution in [1.29, 1.82) is 0 Å². The normalized spacial score (nSPS) is 22.2. The molecule has 8 heterocycles. The summed E-state index contributed by atoms with van der Waals surface area (Å²) in [5, 5.41) is 8.34. The summed E-state index contributed by atoms with van der Waals surface area (Å²) < 4.78 is 8.12. The van der Waals surface area contributed by atoms with Crippen molar-refractivity contribution in [2.45, 2.75) is 69.6 Å². The molecule has 18 nitrogen and oxygen atoms in total. The van der Waals surface area contributed by atoms with Gasteiger partial charge in [-0.05, 0) is 118 Å². The summed E-state index contributed by atoms with van der Waals surface area (Å²) in [5.74, 6) is 1.15. The van der Waals surface area contributed by atoms with Gasteiger partial charge in [0.05, 0.1) is 11.4 Å². The van der Waals surface area contributed by atoms with Gasteiger partial charge in [-0.15, -0.1) is 0 Å². The van der Waals surface area contributed by atoms with E-state index in [0.29, 0.717) is 30.4 Å². The van der Waals surface area contributed by atoms with Crippen LogP contribution in [0.4, 0.5) is 16.3 Å². The summed E-state index contributed by atoms with van der Waals surface area (Å²) in [5.41, 5.74) is 11.7. The molecule has 0 spiro atoms. The minimum Gasteiger partial charge on any atom is -0.457 e. The smallest absolute Gasteiger partial charge is 0.320 e. The summed E-state index contributed by atoms with van der Waals surface area (Å²) in [6.45, 7) is 13.0. The quantitative estimate of drug-likeness (QED) is 0.175. The number of piperidine rings is 3. The Kier molecular flexibility index (Phi) is 13.1. The molecule has 5 amide bonds. The van der Waals surface area contributed by atoms with Gasteiger partial charge in [-0.25, -0.2) is 19.4 Å². The van der Waals surface area contributed by atoms with E-state index in [9.17, 15) is 19.2 Å². The van der Waals surface area contributed by atoms with Gasteiger partial charge in [-0.3, -0.25) is 34.4 Å². The zero-order valence-corrected chi connectivity index (χ0v) is 39.8. The maximum atomic E-state index is 13.8. The van der Waals surface area contributed by atoms with Crippen molar-refractivity contribution in [3.05, 3.63) is 90.3 Å². The lowest BCUT2D eigenvalue weighted by atomic mass is 9.98. The number of aromatic nitrogens is 4. The van der Waals surface area contributed by atoms with Crippen LogP contribution in [0.3, 0.4) is 0 Å². The third-order valence-corrected chi connectivity index (χ3v) is 15.5. The summed E-state index contributed by atoms with van der Waals surface area (Å²) in [4.78, 5) is 76.0. The van der Waals surface area contributed by atoms with Gasteiger partial charge in [0.1, 0.15) is 35.4 Å². The fourth-order valence-electron chi connectivity index (χ4n) is 11.6. The first-order valence-electron chi connectivity index (χ1n) is 25.3. The topological polar surface area (TPSA) is 182 Å². The van der Waals surface area contributed by atoms with Gasteiger partial charge in [-0.1, -0.05) is 18.2 Å². The molecule has 5 fully saturated rings. The highest BCUT2D eigenvalue weighted by molar-refractivity contribution is 6.05. The molecule has 0 aliphatic carbocycles. The van der Waals surface area contributed by atoms with E-state index in [4.69, 9.17) is 20.6 Å². The van der Waals surface area contributed by atoms with Crippen molar-refractivity contribution in [2.75, 3.05) is 102 Å². The molecule has 6 aliphatic rings. The molecular weight excluding hydrogens is 887 g/mol. The van der Waals surface area contributed by atoms with Crippen molar-refractivity contribution >= 4 is 46.3 Å². The lowest BCUT2D eigenvalue weighted by molar-refractivity contribution is -0.136. The third-order valence-electron chi connectivity index (χ3n) is 15.5. The average Bonchev–Trinajstić information content (AvgIpc) is 3.95. The first-order chi connectivity index (χ1) is 34.2. The Balaban J connectivity index is 0.608. The lowest BCUT2D eigenvalue weighted by Crippen LogP contribution is -2.56. The van der Waals surface area contributed by atoms with E-state index in [1.807, 2.05) is 66.7 Å². The number of urea groups is 1. The third kappa shape index (κ3) is 9.51. The molecule has 2 aromatic heterocycles. The molecular formula is C52H63N13O5. The largest absolute Gasteiger partial charge is 0.457 e. The molecule has 0 saturated carbocycles. The zero-order valence-electron chi connectivity index (χ0n) is 39.8. The van der Waals surface area contributed by atoms with Crippen LogP contribution in [0, 0.1) is 0 Å². The number of carbonyl (C=O) groups excluding carboxylic acids is 4. The molecule has 0 radical (unpaired) electrons. The molecule has 366 valence electrons. The number of hydrogen-bond acceptors (Lipinski definition) is 13. The number of imide groups is 1. The van der Waals surface area contributed by atoms with Crippen LogP contribution in [0.2, 0.25) is 0 Å². The molecule has 18 heteroatoms. The van der Waals surface area contributed by atoms with Crippen molar-refractivity contribution in [3.8, 4) is 22.8 Å². The molecule has 3 N–H and O–H groups in total. The maximum absolute atomic E-state index is 13.8. The number of fused-ring (bicyclic) bond motifs is 2. The number of carbonyl (C=O) groups is 4. The molecule has 2 atom stereocenters. The number of likely N-dealkylation sites (tertiary alicyclic amines) is 2. The van der Waals surface area contributed by atoms with Crippen molar-refractivity contribution in [3.63, 3.8) is 0 Å². The van der Waals surface area contributed by atoms with Gasteiger partial charge >= 0.3 is 6.03 Å². The molecule has 70 heavy (non-hydrogen) atoms. The van der Waals surface area contributed by atoms with Crippen LogP contribution in [-0.4, -0.2) is 177 Å². The maximum Gasteiger partial charge on any atom is 0.320 e. The zero-order chi connectivity index (χ0) is 47.7. The number of hydrogen-bond donors (Lipinski definition) is 2. The standard InChI is InChI=1S/C52H63N13O5/c53-48-46-47(36-9-12-42(13-10-36)70-41-7-2-1-3-8-41)57-65(49(46)55-35-54-48)40-6-4-21-63(34-40)38-17-22-61(23-18-38)52(69)62-30-26-59(27-31-62)20-5-19-58-24-28-60(29-25-58)39-11-14-43-37(32-39)33-64(51(43)68)44-15-16-45(66)56-50(44)67/h1-3,7-14,32,35,38,40,44H,4-6,15-31,33-34H2,(H2,53,54,55)(H,56,66,67). The van der Waals surface area contributed by atoms with E-state index >= 15 is 0 Å². The Labute approximate surface area is 408 Å². The Hall–Kier alpha value is -6.63. The summed E-state index contributed by atoms with van der Waals surface area (Å²) >= 11 is 0. The number of piperazine rings is 2. The number of nitrogen functional groups attached to an aromatic ring is 1. The van der Waals surface area contributed by atoms with Crippen molar-refractivity contribution in [1.82, 2.24) is 54.5 Å². The van der Waals surface area contributed by atoms with E-state index in [1.165, 1.54) is 6.33 Å². The summed E-state index contributed by atoms with van der Waals surface area (Å²) in [7, 11) is 0. The van der Waals surface area contributed by atoms with Gasteiger partial charge in [-0.2, -0.15) is 5.10 Å². The molecule has 5 aromatic rings.